The van der Waals surface area contributed by atoms with Crippen LogP contribution in [0.2, 0.25) is 0 Å². The molecule has 0 amide bonds. The molecule has 2 aliphatic carbocycles. The Morgan fingerprint density at radius 3 is 2.06 bits per heavy atom. The average Bonchev–Trinajstić information content (AvgIpc) is 3.40. The van der Waals surface area contributed by atoms with Crippen molar-refractivity contribution in [3.05, 3.63) is 47.6 Å². The summed E-state index contributed by atoms with van der Waals surface area (Å²) < 4.78 is 12.8. The van der Waals surface area contributed by atoms with Crippen molar-refractivity contribution in [1.82, 2.24) is 0 Å². The first-order chi connectivity index (χ1) is 23.6. The number of aliphatic hydroxyl groups is 2. The third-order valence-corrected chi connectivity index (χ3v) is 11.0. The highest BCUT2D eigenvalue weighted by atomic mass is 16.7. The molecule has 7 nitrogen and oxygen atoms in total. The fraction of sp³-hybridized carbons (Fsp3) is 0.738. The van der Waals surface area contributed by atoms with Crippen LogP contribution in [0.15, 0.2) is 47.6 Å². The third kappa shape index (κ3) is 11.9. The first-order valence-corrected chi connectivity index (χ1v) is 19.8. The number of ketones is 3. The van der Waals surface area contributed by atoms with E-state index in [-0.39, 0.29) is 30.2 Å². The summed E-state index contributed by atoms with van der Waals surface area (Å²) in [4.78, 5) is 38.4. The molecule has 274 valence electrons. The van der Waals surface area contributed by atoms with Crippen LogP contribution in [0.4, 0.5) is 0 Å². The predicted molar refractivity (Wildman–Crippen MR) is 194 cm³/mol. The fourth-order valence-electron chi connectivity index (χ4n) is 8.23. The Morgan fingerprint density at radius 2 is 1.41 bits per heavy atom. The highest BCUT2D eigenvalue weighted by Crippen LogP contribution is 2.47. The second-order valence-electron chi connectivity index (χ2n) is 15.3. The normalized spacial score (nSPS) is 27.7. The van der Waals surface area contributed by atoms with Crippen molar-refractivity contribution in [3.63, 3.8) is 0 Å². The van der Waals surface area contributed by atoms with Gasteiger partial charge in [0.2, 0.25) is 0 Å². The Hall–Kier alpha value is -2.19. The fourth-order valence-corrected chi connectivity index (χ4v) is 8.23. The van der Waals surface area contributed by atoms with Gasteiger partial charge < -0.3 is 19.7 Å². The number of hydrogen-bond acceptors (Lipinski definition) is 7. The van der Waals surface area contributed by atoms with E-state index in [1.165, 1.54) is 76.0 Å². The van der Waals surface area contributed by atoms with Crippen LogP contribution in [0.5, 0.6) is 0 Å². The highest BCUT2D eigenvalue weighted by Gasteiger charge is 2.52. The van der Waals surface area contributed by atoms with E-state index in [4.69, 9.17) is 9.47 Å². The molecule has 0 bridgehead atoms. The van der Waals surface area contributed by atoms with E-state index in [1.54, 1.807) is 18.2 Å². The minimum atomic E-state index is -1.14. The van der Waals surface area contributed by atoms with Crippen molar-refractivity contribution >= 4 is 17.3 Å². The maximum Gasteiger partial charge on any atom is 0.181 e. The van der Waals surface area contributed by atoms with Gasteiger partial charge >= 0.3 is 0 Å². The van der Waals surface area contributed by atoms with Crippen LogP contribution in [-0.2, 0) is 23.9 Å². The molecule has 2 saturated heterocycles. The number of carbonyl (C=O) groups is 3. The van der Waals surface area contributed by atoms with E-state index in [0.717, 1.165) is 44.1 Å². The number of hydrogen-bond donors (Lipinski definition) is 2. The minimum Gasteiger partial charge on any atom is -0.393 e. The zero-order valence-electron chi connectivity index (χ0n) is 30.5. The summed E-state index contributed by atoms with van der Waals surface area (Å²) in [5.74, 6) is -1.20. The van der Waals surface area contributed by atoms with Crippen molar-refractivity contribution in [2.75, 3.05) is 0 Å². The van der Waals surface area contributed by atoms with E-state index < -0.39 is 29.2 Å². The molecule has 0 saturated carbocycles. The molecule has 2 heterocycles. The number of aliphatic hydroxyl groups excluding tert-OH is 1. The van der Waals surface area contributed by atoms with Gasteiger partial charge in [0.15, 0.2) is 17.4 Å². The zero-order valence-corrected chi connectivity index (χ0v) is 30.5. The molecule has 4 rings (SSSR count). The molecule has 4 atom stereocenters. The number of carbonyl (C=O) groups excluding carboxylic acids is 3. The third-order valence-electron chi connectivity index (χ3n) is 11.0. The molecule has 0 aromatic carbocycles. The molecule has 0 aromatic rings. The van der Waals surface area contributed by atoms with Crippen molar-refractivity contribution in [2.24, 2.45) is 0 Å². The summed E-state index contributed by atoms with van der Waals surface area (Å²) in [5.41, 5.74) is -0.435. The number of rotatable bonds is 22. The molecular formula is C42H64O7. The van der Waals surface area contributed by atoms with E-state index in [1.807, 2.05) is 0 Å². The topological polar surface area (TPSA) is 110 Å². The first-order valence-electron chi connectivity index (χ1n) is 19.8. The molecule has 49 heavy (non-hydrogen) atoms. The van der Waals surface area contributed by atoms with Gasteiger partial charge in [-0.3, -0.25) is 14.4 Å². The molecule has 7 heteroatoms. The monoisotopic (exact) mass is 680 g/mol. The standard InChI is InChI=1S/C42H64O7/c1-3-5-7-9-10-11-12-13-15-17-24-41(47)27-23-39(46)37(38(41)18-16-14-8-6-4-2)20-19-34(44)30-36-31-35(45)32-42(48-36)29-28-40(49-42)25-21-33(43)22-26-40/h21-23,25-27,35-36,45,47H,3-20,24,28-32H2,1-2H3/t35-,36-,41?,42-/m0/s1. The molecular weight excluding hydrogens is 616 g/mol. The minimum absolute atomic E-state index is 0.0274. The summed E-state index contributed by atoms with van der Waals surface area (Å²) in [6.07, 6.45) is 30.1. The predicted octanol–water partition coefficient (Wildman–Crippen LogP) is 9.04. The summed E-state index contributed by atoms with van der Waals surface area (Å²) in [6.45, 7) is 4.44. The second-order valence-corrected chi connectivity index (χ2v) is 15.3. The maximum atomic E-state index is 13.4. The Kier molecular flexibility index (Phi) is 15.7. The lowest BCUT2D eigenvalue weighted by Crippen LogP contribution is -2.48. The van der Waals surface area contributed by atoms with Crippen molar-refractivity contribution < 1.29 is 34.1 Å². The van der Waals surface area contributed by atoms with Crippen LogP contribution in [-0.4, -0.2) is 56.8 Å². The molecule has 2 N–H and O–H groups in total. The highest BCUT2D eigenvalue weighted by molar-refractivity contribution is 6.06. The van der Waals surface area contributed by atoms with Gasteiger partial charge in [0.05, 0.1) is 12.2 Å². The number of Topliss-reactive ketones (excluding diaryl/α,β-unsaturated/α-hetero) is 1. The lowest BCUT2D eigenvalue weighted by Gasteiger charge is -2.41. The molecule has 2 fully saturated rings. The van der Waals surface area contributed by atoms with E-state index >= 15 is 0 Å². The quantitative estimate of drug-likeness (QED) is 0.110. The average molecular weight is 681 g/mol. The van der Waals surface area contributed by atoms with E-state index in [9.17, 15) is 24.6 Å². The Balaban J connectivity index is 1.33. The van der Waals surface area contributed by atoms with Crippen LogP contribution in [0, 0.1) is 0 Å². The molecule has 0 aromatic heterocycles. The number of ether oxygens (including phenoxy) is 2. The van der Waals surface area contributed by atoms with Gasteiger partial charge in [-0.15, -0.1) is 0 Å². The molecule has 2 spiro atoms. The summed E-state index contributed by atoms with van der Waals surface area (Å²) in [6, 6.07) is 0. The summed E-state index contributed by atoms with van der Waals surface area (Å²) in [7, 11) is 0. The van der Waals surface area contributed by atoms with Crippen LogP contribution in [0.3, 0.4) is 0 Å². The van der Waals surface area contributed by atoms with Crippen LogP contribution < -0.4 is 0 Å². The van der Waals surface area contributed by atoms with Gasteiger partial charge in [-0.1, -0.05) is 97.3 Å². The zero-order chi connectivity index (χ0) is 35.2. The van der Waals surface area contributed by atoms with Crippen molar-refractivity contribution in [2.45, 2.75) is 197 Å². The lowest BCUT2D eigenvalue weighted by atomic mass is 9.76. The second kappa shape index (κ2) is 19.4. The maximum absolute atomic E-state index is 13.4. The van der Waals surface area contributed by atoms with E-state index in [0.29, 0.717) is 50.5 Å². The van der Waals surface area contributed by atoms with Crippen LogP contribution in [0.1, 0.15) is 168 Å². The van der Waals surface area contributed by atoms with Crippen molar-refractivity contribution in [3.8, 4) is 0 Å². The Labute approximate surface area is 295 Å². The van der Waals surface area contributed by atoms with Gasteiger partial charge in [0.25, 0.3) is 0 Å². The van der Waals surface area contributed by atoms with Crippen LogP contribution >= 0.6 is 0 Å². The number of unbranched alkanes of at least 4 members (excludes halogenated alkanes) is 13. The summed E-state index contributed by atoms with van der Waals surface area (Å²) >= 11 is 0. The SMILES string of the molecule is CCCCCCCCCCCCC1(O)C=CC(=O)C(CCC(=O)C[C@H]2C[C@H](O)C[C@@]3(CCC4(C=CC(=O)C=C4)O3)O2)=C1CCCCCCC. The lowest BCUT2D eigenvalue weighted by molar-refractivity contribution is -0.290. The Bertz CT molecular complexity index is 1210. The van der Waals surface area contributed by atoms with Crippen molar-refractivity contribution in [1.29, 1.82) is 0 Å². The largest absolute Gasteiger partial charge is 0.393 e. The van der Waals surface area contributed by atoms with Gasteiger partial charge in [-0.2, -0.15) is 0 Å². The van der Waals surface area contributed by atoms with E-state index in [2.05, 4.69) is 13.8 Å². The first kappa shape index (κ1) is 39.6. The molecule has 0 radical (unpaired) electrons. The van der Waals surface area contributed by atoms with Gasteiger partial charge in [0, 0.05) is 37.7 Å². The smallest absolute Gasteiger partial charge is 0.181 e. The van der Waals surface area contributed by atoms with Gasteiger partial charge in [0.1, 0.15) is 17.0 Å². The van der Waals surface area contributed by atoms with Gasteiger partial charge in [-0.05, 0) is 80.6 Å². The number of allylic oxidation sites excluding steroid dienone is 4. The molecule has 4 aliphatic rings. The summed E-state index contributed by atoms with van der Waals surface area (Å²) in [5, 5.41) is 22.7. The molecule has 2 aliphatic heterocycles. The van der Waals surface area contributed by atoms with Crippen LogP contribution in [0.25, 0.3) is 0 Å². The van der Waals surface area contributed by atoms with Gasteiger partial charge in [-0.25, -0.2) is 0 Å². The molecule has 1 unspecified atom stereocenters. The Morgan fingerprint density at radius 1 is 0.796 bits per heavy atom.